The molecule has 2 heteroatoms. The lowest BCUT2D eigenvalue weighted by atomic mass is 9.57. The molecule has 3 saturated carbocycles. The second-order valence-corrected chi connectivity index (χ2v) is 6.19. The van der Waals surface area contributed by atoms with Gasteiger partial charge in [-0.25, -0.2) is 0 Å². The molecule has 0 saturated heterocycles. The third-order valence-corrected chi connectivity index (χ3v) is 5.29. The van der Waals surface area contributed by atoms with Crippen LogP contribution < -0.4 is 0 Å². The van der Waals surface area contributed by atoms with E-state index in [1.165, 1.54) is 0 Å². The highest BCUT2D eigenvalue weighted by Crippen LogP contribution is 2.71. The second-order valence-electron chi connectivity index (χ2n) is 6.19. The van der Waals surface area contributed by atoms with E-state index in [1.807, 2.05) is 0 Å². The van der Waals surface area contributed by atoms with E-state index in [9.17, 15) is 9.59 Å². The van der Waals surface area contributed by atoms with Crippen LogP contribution in [0.5, 0.6) is 0 Å². The molecule has 0 unspecified atom stereocenters. The number of ketones is 2. The number of rotatable bonds is 0. The highest BCUT2D eigenvalue weighted by Gasteiger charge is 2.68. The molecular weight excluding hydrogens is 188 g/mol. The van der Waals surface area contributed by atoms with Crippen LogP contribution in [0.2, 0.25) is 0 Å². The summed E-state index contributed by atoms with van der Waals surface area (Å²) in [4.78, 5) is 23.6. The van der Waals surface area contributed by atoms with Gasteiger partial charge >= 0.3 is 0 Å². The highest BCUT2D eigenvalue weighted by molar-refractivity contribution is 5.90. The third-order valence-electron chi connectivity index (χ3n) is 5.29. The molecular formula is C13H18O2. The first-order chi connectivity index (χ1) is 6.98. The summed E-state index contributed by atoms with van der Waals surface area (Å²) < 4.78 is 0. The summed E-state index contributed by atoms with van der Waals surface area (Å²) in [6.07, 6.45) is 4.43. The Morgan fingerprint density at radius 1 is 1.20 bits per heavy atom. The van der Waals surface area contributed by atoms with Gasteiger partial charge in [0.05, 0.1) is 0 Å². The van der Waals surface area contributed by atoms with Crippen molar-refractivity contribution >= 4 is 11.6 Å². The Bertz CT molecular complexity index is 356. The molecule has 3 rings (SSSR count). The SMILES string of the molecule is CC1(C)C(=O)CC[C@]23C[C@H]2C(=O)CC[C@H]13. The summed E-state index contributed by atoms with van der Waals surface area (Å²) in [5.74, 6) is 1.69. The Hall–Kier alpha value is -0.660. The van der Waals surface area contributed by atoms with Crippen molar-refractivity contribution in [3.63, 3.8) is 0 Å². The van der Waals surface area contributed by atoms with E-state index in [-0.39, 0.29) is 10.8 Å². The van der Waals surface area contributed by atoms with Crippen molar-refractivity contribution in [2.45, 2.75) is 46.0 Å². The van der Waals surface area contributed by atoms with Crippen LogP contribution >= 0.6 is 0 Å². The van der Waals surface area contributed by atoms with Gasteiger partial charge in [-0.15, -0.1) is 0 Å². The standard InChI is InChI=1S/C13H18O2/c1-12(2)10-4-3-9(14)8-7-13(8,10)6-5-11(12)15/h8,10H,3-7H2,1-2H3/t8-,10+,13-/m0/s1. The van der Waals surface area contributed by atoms with E-state index in [1.54, 1.807) is 0 Å². The highest BCUT2D eigenvalue weighted by atomic mass is 16.1. The van der Waals surface area contributed by atoms with Crippen LogP contribution in [0.25, 0.3) is 0 Å². The van der Waals surface area contributed by atoms with Crippen molar-refractivity contribution in [3.8, 4) is 0 Å². The first kappa shape index (κ1) is 9.56. The summed E-state index contributed by atoms with van der Waals surface area (Å²) in [6, 6.07) is 0. The van der Waals surface area contributed by atoms with E-state index in [0.717, 1.165) is 19.3 Å². The van der Waals surface area contributed by atoms with Crippen molar-refractivity contribution in [2.75, 3.05) is 0 Å². The van der Waals surface area contributed by atoms with Crippen molar-refractivity contribution < 1.29 is 9.59 Å². The summed E-state index contributed by atoms with van der Waals surface area (Å²) in [5.41, 5.74) is 0.0838. The monoisotopic (exact) mass is 206 g/mol. The Kier molecular flexibility index (Phi) is 1.61. The maximum absolute atomic E-state index is 11.9. The second kappa shape index (κ2) is 2.53. The molecule has 3 aliphatic carbocycles. The zero-order chi connectivity index (χ0) is 10.8. The van der Waals surface area contributed by atoms with Crippen molar-refractivity contribution in [2.24, 2.45) is 22.7 Å². The first-order valence-electron chi connectivity index (χ1n) is 6.04. The zero-order valence-corrected chi connectivity index (χ0v) is 9.51. The van der Waals surface area contributed by atoms with Crippen molar-refractivity contribution in [3.05, 3.63) is 0 Å². The van der Waals surface area contributed by atoms with Crippen LogP contribution in [0.15, 0.2) is 0 Å². The maximum atomic E-state index is 11.9. The van der Waals surface area contributed by atoms with Crippen molar-refractivity contribution in [1.82, 2.24) is 0 Å². The Morgan fingerprint density at radius 2 is 1.93 bits per heavy atom. The summed E-state index contributed by atoms with van der Waals surface area (Å²) in [6.45, 7) is 4.18. The van der Waals surface area contributed by atoms with E-state index in [4.69, 9.17) is 0 Å². The van der Waals surface area contributed by atoms with Crippen LogP contribution in [0.1, 0.15) is 46.0 Å². The number of hydrogen-bond donors (Lipinski definition) is 0. The maximum Gasteiger partial charge on any atom is 0.138 e. The summed E-state index contributed by atoms with van der Waals surface area (Å²) in [7, 11) is 0. The van der Waals surface area contributed by atoms with Gasteiger partial charge in [0.2, 0.25) is 0 Å². The van der Waals surface area contributed by atoms with Gasteiger partial charge in [-0.1, -0.05) is 13.8 Å². The predicted octanol–water partition coefficient (Wildman–Crippen LogP) is 2.36. The van der Waals surface area contributed by atoms with Gasteiger partial charge in [0.1, 0.15) is 11.6 Å². The lowest BCUT2D eigenvalue weighted by Gasteiger charge is -2.46. The molecule has 0 heterocycles. The number of carbonyl (C=O) groups is 2. The lowest BCUT2D eigenvalue weighted by molar-refractivity contribution is -0.141. The van der Waals surface area contributed by atoms with Gasteiger partial charge in [-0.05, 0) is 30.6 Å². The third kappa shape index (κ3) is 1.00. The largest absolute Gasteiger partial charge is 0.299 e. The molecule has 82 valence electrons. The molecule has 2 nitrogen and oxygen atoms in total. The molecule has 0 aromatic rings. The molecule has 0 aliphatic heterocycles. The Morgan fingerprint density at radius 3 is 2.67 bits per heavy atom. The normalized spacial score (nSPS) is 47.1. The molecule has 0 aromatic heterocycles. The summed E-state index contributed by atoms with van der Waals surface area (Å²) >= 11 is 0. The Labute approximate surface area is 90.4 Å². The summed E-state index contributed by atoms with van der Waals surface area (Å²) in [5, 5.41) is 0. The molecule has 0 aromatic carbocycles. The predicted molar refractivity (Wildman–Crippen MR) is 56.3 cm³/mol. The molecule has 0 N–H and O–H groups in total. The zero-order valence-electron chi connectivity index (χ0n) is 9.51. The van der Waals surface area contributed by atoms with E-state index < -0.39 is 0 Å². The van der Waals surface area contributed by atoms with E-state index >= 15 is 0 Å². The van der Waals surface area contributed by atoms with Gasteiger partial charge in [-0.2, -0.15) is 0 Å². The van der Waals surface area contributed by atoms with Gasteiger partial charge in [0.25, 0.3) is 0 Å². The van der Waals surface area contributed by atoms with Gasteiger partial charge in [0.15, 0.2) is 0 Å². The quantitative estimate of drug-likeness (QED) is 0.609. The van der Waals surface area contributed by atoms with Gasteiger partial charge in [0, 0.05) is 24.2 Å². The molecule has 0 amide bonds. The number of hydrogen-bond acceptors (Lipinski definition) is 2. The fraction of sp³-hybridized carbons (Fsp3) is 0.846. The van der Waals surface area contributed by atoms with Crippen LogP contribution in [-0.2, 0) is 9.59 Å². The molecule has 3 fully saturated rings. The fourth-order valence-corrected chi connectivity index (χ4v) is 4.28. The molecule has 0 radical (unpaired) electrons. The van der Waals surface area contributed by atoms with Gasteiger partial charge < -0.3 is 0 Å². The minimum atomic E-state index is -0.173. The fourth-order valence-electron chi connectivity index (χ4n) is 4.28. The topological polar surface area (TPSA) is 34.1 Å². The molecule has 3 atom stereocenters. The lowest BCUT2D eigenvalue weighted by Crippen LogP contribution is -2.46. The minimum Gasteiger partial charge on any atom is -0.299 e. The van der Waals surface area contributed by atoms with E-state index in [2.05, 4.69) is 13.8 Å². The molecule has 3 aliphatic rings. The first-order valence-corrected chi connectivity index (χ1v) is 6.04. The number of carbonyl (C=O) groups excluding carboxylic acids is 2. The van der Waals surface area contributed by atoms with Gasteiger partial charge in [-0.3, -0.25) is 9.59 Å². The Balaban J connectivity index is 1.98. The van der Waals surface area contributed by atoms with Crippen LogP contribution in [-0.4, -0.2) is 11.6 Å². The molecule has 0 bridgehead atoms. The molecule has 1 spiro atoms. The molecule has 15 heavy (non-hydrogen) atoms. The average molecular weight is 206 g/mol. The van der Waals surface area contributed by atoms with E-state index in [0.29, 0.717) is 36.2 Å². The van der Waals surface area contributed by atoms with Crippen LogP contribution in [0.3, 0.4) is 0 Å². The van der Waals surface area contributed by atoms with Crippen LogP contribution in [0, 0.1) is 22.7 Å². The average Bonchev–Trinajstić information content (AvgIpc) is 2.89. The van der Waals surface area contributed by atoms with Crippen molar-refractivity contribution in [1.29, 1.82) is 0 Å². The number of Topliss-reactive ketones (excluding diaryl/α,β-unsaturated/α-hetero) is 2. The minimum absolute atomic E-state index is 0.173. The smallest absolute Gasteiger partial charge is 0.138 e. The van der Waals surface area contributed by atoms with Crippen LogP contribution in [0.4, 0.5) is 0 Å².